The lowest BCUT2D eigenvalue weighted by molar-refractivity contribution is 0.815. The minimum atomic E-state index is -0.126. The van der Waals surface area contributed by atoms with Crippen molar-refractivity contribution in [2.24, 2.45) is 9.98 Å². The maximum atomic E-state index is 5.31. The summed E-state index contributed by atoms with van der Waals surface area (Å²) in [4.78, 5) is 12.7. The number of aryl methyl sites for hydroxylation is 3. The Balaban J connectivity index is 1.49. The van der Waals surface area contributed by atoms with E-state index in [4.69, 9.17) is 15.1 Å². The lowest BCUT2D eigenvalue weighted by atomic mass is 9.93. The first kappa shape index (κ1) is 23.2. The zero-order chi connectivity index (χ0) is 26.5. The first-order chi connectivity index (χ1) is 19.1. The molecule has 0 saturated carbocycles. The van der Waals surface area contributed by atoms with Gasteiger partial charge in [-0.2, -0.15) is 5.10 Å². The molecule has 7 rings (SSSR count). The van der Waals surface area contributed by atoms with Gasteiger partial charge in [0.2, 0.25) is 0 Å². The Morgan fingerprint density at radius 2 is 1.49 bits per heavy atom. The van der Waals surface area contributed by atoms with Crippen LogP contribution in [-0.4, -0.2) is 21.5 Å². The van der Waals surface area contributed by atoms with Gasteiger partial charge >= 0.3 is 0 Å². The second kappa shape index (κ2) is 9.10. The summed E-state index contributed by atoms with van der Waals surface area (Å²) in [5.74, 6) is 2.31. The summed E-state index contributed by atoms with van der Waals surface area (Å²) in [5.41, 5.74) is 9.48. The second-order valence-electron chi connectivity index (χ2n) is 10.1. The van der Waals surface area contributed by atoms with Crippen LogP contribution in [0.3, 0.4) is 0 Å². The van der Waals surface area contributed by atoms with Crippen LogP contribution in [0.1, 0.15) is 34.0 Å². The van der Waals surface area contributed by atoms with Gasteiger partial charge in [0, 0.05) is 11.3 Å². The van der Waals surface area contributed by atoms with Gasteiger partial charge in [-0.05, 0) is 68.3 Å². The summed E-state index contributed by atoms with van der Waals surface area (Å²) in [7, 11) is 0. The molecule has 1 N–H and O–H groups in total. The molecule has 0 spiro atoms. The highest BCUT2D eigenvalue weighted by atomic mass is 15.4. The van der Waals surface area contributed by atoms with Crippen molar-refractivity contribution >= 4 is 34.6 Å². The fraction of sp³-hybridized carbons (Fsp3) is 0.121. The Kier molecular flexibility index (Phi) is 5.40. The fourth-order valence-corrected chi connectivity index (χ4v) is 5.47. The van der Waals surface area contributed by atoms with Gasteiger partial charge in [0.1, 0.15) is 0 Å². The van der Waals surface area contributed by atoms with Crippen molar-refractivity contribution < 1.29 is 0 Å². The third-order valence-corrected chi connectivity index (χ3v) is 7.31. The van der Waals surface area contributed by atoms with Crippen molar-refractivity contribution in [3.63, 3.8) is 0 Å². The molecule has 39 heavy (non-hydrogen) atoms. The molecule has 3 heterocycles. The van der Waals surface area contributed by atoms with E-state index in [0.717, 1.165) is 45.7 Å². The first-order valence-corrected chi connectivity index (χ1v) is 13.2. The number of amidine groups is 2. The van der Waals surface area contributed by atoms with E-state index in [-0.39, 0.29) is 6.04 Å². The number of rotatable bonds is 3. The van der Waals surface area contributed by atoms with E-state index in [9.17, 15) is 0 Å². The van der Waals surface area contributed by atoms with Gasteiger partial charge in [0.05, 0.1) is 28.8 Å². The van der Waals surface area contributed by atoms with Crippen LogP contribution in [0.25, 0.3) is 5.69 Å². The zero-order valence-corrected chi connectivity index (χ0v) is 22.1. The van der Waals surface area contributed by atoms with Gasteiger partial charge in [-0.1, -0.05) is 72.3 Å². The van der Waals surface area contributed by atoms with Crippen molar-refractivity contribution in [3.8, 4) is 5.69 Å². The number of aromatic nitrogens is 2. The van der Waals surface area contributed by atoms with Gasteiger partial charge in [0.25, 0.3) is 0 Å². The maximum absolute atomic E-state index is 5.31. The molecule has 0 saturated heterocycles. The molecule has 0 amide bonds. The average molecular weight is 509 g/mol. The third kappa shape index (κ3) is 3.92. The van der Waals surface area contributed by atoms with Crippen molar-refractivity contribution in [1.82, 2.24) is 9.78 Å². The van der Waals surface area contributed by atoms with Gasteiger partial charge in [-0.3, -0.25) is 0 Å². The van der Waals surface area contributed by atoms with Crippen molar-refractivity contribution in [1.29, 1.82) is 0 Å². The molecule has 5 aromatic rings. The molecule has 4 aromatic carbocycles. The summed E-state index contributed by atoms with van der Waals surface area (Å²) in [6.45, 7) is 6.26. The predicted octanol–water partition coefficient (Wildman–Crippen LogP) is 7.59. The van der Waals surface area contributed by atoms with Crippen LogP contribution >= 0.6 is 0 Å². The molecule has 2 aliphatic heterocycles. The number of hydrogen-bond acceptors (Lipinski definition) is 5. The first-order valence-electron chi connectivity index (χ1n) is 13.2. The van der Waals surface area contributed by atoms with Crippen LogP contribution < -0.4 is 10.2 Å². The molecule has 6 nitrogen and oxygen atoms in total. The van der Waals surface area contributed by atoms with E-state index in [1.807, 2.05) is 10.7 Å². The van der Waals surface area contributed by atoms with Gasteiger partial charge in [-0.25, -0.2) is 14.7 Å². The lowest BCUT2D eigenvalue weighted by Gasteiger charge is -2.40. The monoisotopic (exact) mass is 508 g/mol. The number of anilines is 2. The Bertz CT molecular complexity index is 1760. The number of nitrogens with one attached hydrogen (secondary N) is 1. The Morgan fingerprint density at radius 3 is 2.28 bits per heavy atom. The Hall–Kier alpha value is -4.97. The topological polar surface area (TPSA) is 57.8 Å². The summed E-state index contributed by atoms with van der Waals surface area (Å²) >= 11 is 0. The van der Waals surface area contributed by atoms with Crippen LogP contribution in [0.4, 0.5) is 22.9 Å². The van der Waals surface area contributed by atoms with Crippen molar-refractivity contribution in [2.75, 3.05) is 10.2 Å². The Labute approximate surface area is 228 Å². The van der Waals surface area contributed by atoms with Gasteiger partial charge in [0.15, 0.2) is 17.5 Å². The summed E-state index contributed by atoms with van der Waals surface area (Å²) in [5, 5.41) is 8.61. The summed E-state index contributed by atoms with van der Waals surface area (Å²) in [6, 6.07) is 35.5. The smallest absolute Gasteiger partial charge is 0.179 e. The lowest BCUT2D eigenvalue weighted by Crippen LogP contribution is -2.46. The second-order valence-corrected chi connectivity index (χ2v) is 10.1. The highest BCUT2D eigenvalue weighted by Gasteiger charge is 2.41. The molecular formula is C33H28N6. The number of para-hydroxylation sites is 2. The SMILES string of the molecule is Cc1ccc(-n2nc(C)c3c2N=C2C(Nc4cccc(C)c4)=Nc4ccccc4N2[C@@H]3c2ccccc2)cc1. The molecule has 190 valence electrons. The van der Waals surface area contributed by atoms with Crippen LogP contribution in [0.5, 0.6) is 0 Å². The predicted molar refractivity (Wildman–Crippen MR) is 159 cm³/mol. The largest absolute Gasteiger partial charge is 0.337 e. The van der Waals surface area contributed by atoms with E-state index in [2.05, 4.69) is 128 Å². The van der Waals surface area contributed by atoms with E-state index in [1.54, 1.807) is 0 Å². The highest BCUT2D eigenvalue weighted by molar-refractivity contribution is 6.51. The van der Waals surface area contributed by atoms with E-state index in [0.29, 0.717) is 5.84 Å². The normalized spacial score (nSPS) is 15.6. The highest BCUT2D eigenvalue weighted by Crippen LogP contribution is 2.48. The minimum absolute atomic E-state index is 0.126. The molecule has 0 radical (unpaired) electrons. The molecule has 0 unspecified atom stereocenters. The minimum Gasteiger partial charge on any atom is -0.337 e. The van der Waals surface area contributed by atoms with Crippen LogP contribution in [0.2, 0.25) is 0 Å². The molecule has 0 aliphatic carbocycles. The third-order valence-electron chi connectivity index (χ3n) is 7.31. The van der Waals surface area contributed by atoms with Crippen molar-refractivity contribution in [3.05, 3.63) is 131 Å². The van der Waals surface area contributed by atoms with Crippen molar-refractivity contribution in [2.45, 2.75) is 26.8 Å². The van der Waals surface area contributed by atoms with E-state index >= 15 is 0 Å². The van der Waals surface area contributed by atoms with Crippen LogP contribution in [0, 0.1) is 20.8 Å². The zero-order valence-electron chi connectivity index (χ0n) is 22.1. The number of benzene rings is 4. The number of aliphatic imine (C=N–C) groups is 2. The average Bonchev–Trinajstić information content (AvgIpc) is 3.29. The fourth-order valence-electron chi connectivity index (χ4n) is 5.47. The quantitative estimate of drug-likeness (QED) is 0.273. The molecule has 0 fully saturated rings. The molecule has 0 bridgehead atoms. The van der Waals surface area contributed by atoms with E-state index in [1.165, 1.54) is 16.7 Å². The molecule has 1 aromatic heterocycles. The Morgan fingerprint density at radius 1 is 0.718 bits per heavy atom. The van der Waals surface area contributed by atoms with Crippen LogP contribution in [0.15, 0.2) is 113 Å². The molecule has 1 atom stereocenters. The molecular weight excluding hydrogens is 480 g/mol. The standard InChI is InChI=1S/C33H28N6/c1-21-16-18-26(19-17-21)39-32-29(23(3)37-39)30(24-11-5-4-6-12-24)38-28-15-8-7-14-27(28)35-31(33(38)36-32)34-25-13-9-10-22(2)20-25/h4-20,30H,1-3H3,(H,34,35)/t30-/m1/s1. The number of fused-ring (bicyclic) bond motifs is 4. The summed E-state index contributed by atoms with van der Waals surface area (Å²) in [6.07, 6.45) is 0. The molecule has 2 aliphatic rings. The number of hydrogen-bond donors (Lipinski definition) is 1. The maximum Gasteiger partial charge on any atom is 0.179 e. The van der Waals surface area contributed by atoms with Gasteiger partial charge < -0.3 is 10.2 Å². The summed E-state index contributed by atoms with van der Waals surface area (Å²) < 4.78 is 1.97. The van der Waals surface area contributed by atoms with E-state index < -0.39 is 0 Å². The van der Waals surface area contributed by atoms with Crippen LogP contribution in [-0.2, 0) is 0 Å². The van der Waals surface area contributed by atoms with Gasteiger partial charge in [-0.15, -0.1) is 0 Å². The molecule has 6 heteroatoms. The number of nitrogens with zero attached hydrogens (tertiary/aromatic N) is 5.